The molecule has 0 spiro atoms. The van der Waals surface area contributed by atoms with Crippen LogP contribution >= 0.6 is 0 Å². The van der Waals surface area contributed by atoms with Crippen molar-refractivity contribution in [3.63, 3.8) is 0 Å². The van der Waals surface area contributed by atoms with Gasteiger partial charge in [0.2, 0.25) is 0 Å². The van der Waals surface area contributed by atoms with Gasteiger partial charge in [-0.05, 0) is 37.9 Å². The molecule has 134 valence electrons. The number of hydrogen-bond acceptors (Lipinski definition) is 4. The van der Waals surface area contributed by atoms with Gasteiger partial charge in [-0.1, -0.05) is 35.9 Å². The maximum Gasteiger partial charge on any atom is 0.127 e. The molecule has 1 aromatic carbocycles. The molecule has 0 saturated carbocycles. The monoisotopic (exact) mass is 347 g/mol. The lowest BCUT2D eigenvalue weighted by molar-refractivity contribution is 0.199. The summed E-state index contributed by atoms with van der Waals surface area (Å²) in [6, 6.07) is 12.7. The molecule has 3 N–H and O–H groups in total. The van der Waals surface area contributed by atoms with Crippen molar-refractivity contribution in [2.24, 2.45) is 0 Å². The summed E-state index contributed by atoms with van der Waals surface area (Å²) in [5.74, 6) is 1.09. The highest BCUT2D eigenvalue weighted by atomic mass is 15.2. The van der Waals surface area contributed by atoms with Crippen molar-refractivity contribution in [3.8, 4) is 11.1 Å². The molecule has 1 unspecified atom stereocenters. The topological polar surface area (TPSA) is 70.8 Å². The molecule has 2 aromatic heterocycles. The van der Waals surface area contributed by atoms with Crippen LogP contribution in [0.2, 0.25) is 0 Å². The average Bonchev–Trinajstić information content (AvgIpc) is 3.14. The molecule has 4 rings (SSSR count). The van der Waals surface area contributed by atoms with Gasteiger partial charge >= 0.3 is 0 Å². The molecule has 1 saturated heterocycles. The molecule has 5 nitrogen and oxygen atoms in total. The summed E-state index contributed by atoms with van der Waals surface area (Å²) in [5.41, 5.74) is 12.1. The number of hydrogen-bond donors (Lipinski definition) is 2. The van der Waals surface area contributed by atoms with Gasteiger partial charge in [0, 0.05) is 42.0 Å². The van der Waals surface area contributed by atoms with Crippen LogP contribution in [0.4, 0.5) is 5.82 Å². The molecule has 1 atom stereocenters. The summed E-state index contributed by atoms with van der Waals surface area (Å²) in [6.45, 7) is 5.07. The minimum atomic E-state index is 0.459. The predicted octanol–water partition coefficient (Wildman–Crippen LogP) is 3.74. The molecule has 1 aliphatic heterocycles. The molecule has 1 aliphatic rings. The quantitative estimate of drug-likeness (QED) is 0.754. The van der Waals surface area contributed by atoms with E-state index in [1.807, 2.05) is 12.3 Å². The first kappa shape index (κ1) is 16.8. The Bertz CT molecular complexity index is 868. The molecule has 5 heteroatoms. The summed E-state index contributed by atoms with van der Waals surface area (Å²) < 4.78 is 0. The third-order valence-electron chi connectivity index (χ3n) is 5.27. The number of rotatable bonds is 4. The molecule has 0 aliphatic carbocycles. The molecular formula is C21H25N5. The van der Waals surface area contributed by atoms with E-state index in [-0.39, 0.29) is 0 Å². The number of aromatic amines is 1. The molecule has 3 heterocycles. The highest BCUT2D eigenvalue weighted by Crippen LogP contribution is 2.33. The van der Waals surface area contributed by atoms with Gasteiger partial charge in [-0.25, -0.2) is 4.98 Å². The summed E-state index contributed by atoms with van der Waals surface area (Å²) in [4.78, 5) is 6.68. The summed E-state index contributed by atoms with van der Waals surface area (Å²) in [6.07, 6.45) is 6.06. The van der Waals surface area contributed by atoms with E-state index in [4.69, 9.17) is 5.73 Å². The van der Waals surface area contributed by atoms with Crippen molar-refractivity contribution in [1.29, 1.82) is 0 Å². The van der Waals surface area contributed by atoms with E-state index < -0.39 is 0 Å². The zero-order valence-electron chi connectivity index (χ0n) is 15.2. The van der Waals surface area contributed by atoms with Crippen molar-refractivity contribution in [2.75, 3.05) is 18.8 Å². The number of H-pyrrole nitrogens is 1. The van der Waals surface area contributed by atoms with Crippen LogP contribution in [0.15, 0.2) is 48.8 Å². The van der Waals surface area contributed by atoms with Gasteiger partial charge in [-0.2, -0.15) is 5.10 Å². The Morgan fingerprint density at radius 1 is 1.23 bits per heavy atom. The Labute approximate surface area is 154 Å². The molecule has 26 heavy (non-hydrogen) atoms. The van der Waals surface area contributed by atoms with Crippen molar-refractivity contribution >= 4 is 5.82 Å². The van der Waals surface area contributed by atoms with Gasteiger partial charge in [0.15, 0.2) is 0 Å². The fourth-order valence-electron chi connectivity index (χ4n) is 3.83. The SMILES string of the molecule is Cc1ccc(-c2cn[nH]c2C2CCCN(Cc3cccnc3N)C2)cc1. The Morgan fingerprint density at radius 2 is 2.08 bits per heavy atom. The normalized spacial score (nSPS) is 18.1. The first-order valence-corrected chi connectivity index (χ1v) is 9.23. The number of likely N-dealkylation sites (tertiary alicyclic amines) is 1. The maximum absolute atomic E-state index is 6.03. The first-order chi connectivity index (χ1) is 12.7. The molecule has 0 radical (unpaired) electrons. The number of aromatic nitrogens is 3. The zero-order valence-corrected chi connectivity index (χ0v) is 15.2. The number of nitrogens with zero attached hydrogens (tertiary/aromatic N) is 3. The Kier molecular flexibility index (Phi) is 4.71. The van der Waals surface area contributed by atoms with Crippen molar-refractivity contribution in [3.05, 3.63) is 65.6 Å². The van der Waals surface area contributed by atoms with Crippen LogP contribution in [-0.4, -0.2) is 33.2 Å². The summed E-state index contributed by atoms with van der Waals surface area (Å²) >= 11 is 0. The zero-order chi connectivity index (χ0) is 17.9. The fourth-order valence-corrected chi connectivity index (χ4v) is 3.83. The predicted molar refractivity (Wildman–Crippen MR) is 105 cm³/mol. The van der Waals surface area contributed by atoms with Gasteiger partial charge in [0.1, 0.15) is 5.82 Å². The third-order valence-corrected chi connectivity index (χ3v) is 5.27. The van der Waals surface area contributed by atoms with E-state index in [1.165, 1.54) is 35.2 Å². The van der Waals surface area contributed by atoms with Crippen LogP contribution in [0, 0.1) is 6.92 Å². The van der Waals surface area contributed by atoms with Crippen LogP contribution in [0.5, 0.6) is 0 Å². The minimum Gasteiger partial charge on any atom is -0.383 e. The van der Waals surface area contributed by atoms with Crippen LogP contribution in [-0.2, 0) is 6.54 Å². The number of benzene rings is 1. The van der Waals surface area contributed by atoms with E-state index >= 15 is 0 Å². The van der Waals surface area contributed by atoms with Crippen molar-refractivity contribution in [1.82, 2.24) is 20.1 Å². The van der Waals surface area contributed by atoms with Gasteiger partial charge in [-0.3, -0.25) is 10.00 Å². The number of nitrogens with one attached hydrogen (secondary N) is 1. The highest BCUT2D eigenvalue weighted by Gasteiger charge is 2.25. The van der Waals surface area contributed by atoms with E-state index in [9.17, 15) is 0 Å². The van der Waals surface area contributed by atoms with E-state index in [0.29, 0.717) is 11.7 Å². The van der Waals surface area contributed by atoms with E-state index in [2.05, 4.69) is 57.3 Å². The van der Waals surface area contributed by atoms with Crippen molar-refractivity contribution < 1.29 is 0 Å². The van der Waals surface area contributed by atoms with Gasteiger partial charge in [-0.15, -0.1) is 0 Å². The fraction of sp³-hybridized carbons (Fsp3) is 0.333. The molecular weight excluding hydrogens is 322 g/mol. The van der Waals surface area contributed by atoms with Crippen LogP contribution < -0.4 is 5.73 Å². The third kappa shape index (κ3) is 3.48. The number of nitrogen functional groups attached to an aromatic ring is 1. The second kappa shape index (κ2) is 7.30. The van der Waals surface area contributed by atoms with Crippen LogP contribution in [0.3, 0.4) is 0 Å². The van der Waals surface area contributed by atoms with Crippen LogP contribution in [0.1, 0.15) is 35.6 Å². The number of nitrogens with two attached hydrogens (primary N) is 1. The van der Waals surface area contributed by atoms with E-state index in [1.54, 1.807) is 6.20 Å². The Hall–Kier alpha value is -2.66. The average molecular weight is 347 g/mol. The number of anilines is 1. The lowest BCUT2D eigenvalue weighted by Crippen LogP contribution is -2.34. The minimum absolute atomic E-state index is 0.459. The maximum atomic E-state index is 6.03. The number of aryl methyl sites for hydroxylation is 1. The second-order valence-corrected chi connectivity index (χ2v) is 7.19. The Morgan fingerprint density at radius 3 is 2.88 bits per heavy atom. The highest BCUT2D eigenvalue weighted by molar-refractivity contribution is 5.66. The summed E-state index contributed by atoms with van der Waals surface area (Å²) in [5, 5.41) is 7.62. The standard InChI is InChI=1S/C21H25N5/c1-15-6-8-16(9-7-15)19-12-24-25-20(19)17-5-3-11-26(13-17)14-18-4-2-10-23-21(18)22/h2,4,6-10,12,17H,3,5,11,13-14H2,1H3,(H2,22,23)(H,24,25). The van der Waals surface area contributed by atoms with Gasteiger partial charge < -0.3 is 5.73 Å². The van der Waals surface area contributed by atoms with Crippen molar-refractivity contribution in [2.45, 2.75) is 32.2 Å². The van der Waals surface area contributed by atoms with Gasteiger partial charge in [0.25, 0.3) is 0 Å². The van der Waals surface area contributed by atoms with Crippen LogP contribution in [0.25, 0.3) is 11.1 Å². The van der Waals surface area contributed by atoms with E-state index in [0.717, 1.165) is 25.2 Å². The lowest BCUT2D eigenvalue weighted by atomic mass is 9.90. The number of piperidine rings is 1. The largest absolute Gasteiger partial charge is 0.383 e. The smallest absolute Gasteiger partial charge is 0.127 e. The molecule has 0 amide bonds. The first-order valence-electron chi connectivity index (χ1n) is 9.23. The lowest BCUT2D eigenvalue weighted by Gasteiger charge is -2.32. The van der Waals surface area contributed by atoms with Gasteiger partial charge in [0.05, 0.1) is 6.20 Å². The molecule has 0 bridgehead atoms. The molecule has 3 aromatic rings. The Balaban J connectivity index is 1.53. The second-order valence-electron chi connectivity index (χ2n) is 7.19. The number of pyridine rings is 1. The summed E-state index contributed by atoms with van der Waals surface area (Å²) in [7, 11) is 0. The molecule has 1 fully saturated rings.